The molecule has 9 nitrogen and oxygen atoms in total. The highest BCUT2D eigenvalue weighted by atomic mass is 16.8. The van der Waals surface area contributed by atoms with Crippen LogP contribution < -0.4 is 16.5 Å². The number of benzene rings is 3. The molecule has 5 aromatic rings. The molecular weight excluding hydrogens is 408 g/mol. The molecule has 9 heteroatoms. The molecule has 2 heterocycles. The lowest BCUT2D eigenvalue weighted by Gasteiger charge is -2.13. The maximum absolute atomic E-state index is 12.7. The molecule has 1 unspecified atom stereocenters. The normalized spacial score (nSPS) is 12.4. The smallest absolute Gasteiger partial charge is 0.300 e. The summed E-state index contributed by atoms with van der Waals surface area (Å²) in [6.07, 6.45) is 1.62. The molecule has 0 saturated heterocycles. The molecule has 0 spiro atoms. The summed E-state index contributed by atoms with van der Waals surface area (Å²) >= 11 is 0. The number of hydrogen-bond donors (Lipinski definition) is 3. The zero-order valence-corrected chi connectivity index (χ0v) is 17.0. The van der Waals surface area contributed by atoms with Crippen LogP contribution in [0.4, 0.5) is 11.6 Å². The largest absolute Gasteiger partial charge is 0.595 e. The Bertz CT molecular complexity index is 1490. The Morgan fingerprint density at radius 3 is 2.44 bits per heavy atom. The molecule has 0 bridgehead atoms. The van der Waals surface area contributed by atoms with E-state index in [2.05, 4.69) is 34.2 Å². The molecule has 2 aromatic heterocycles. The lowest BCUT2D eigenvalue weighted by atomic mass is 10.1. The van der Waals surface area contributed by atoms with Crippen LogP contribution in [0.1, 0.15) is 11.1 Å². The molecule has 1 atom stereocenters. The summed E-state index contributed by atoms with van der Waals surface area (Å²) in [5.74, 6) is 0.0563. The van der Waals surface area contributed by atoms with E-state index in [4.69, 9.17) is 10.9 Å². The van der Waals surface area contributed by atoms with Crippen LogP contribution in [0.2, 0.25) is 0 Å². The predicted molar refractivity (Wildman–Crippen MR) is 121 cm³/mol. The Morgan fingerprint density at radius 1 is 0.969 bits per heavy atom. The van der Waals surface area contributed by atoms with Crippen molar-refractivity contribution in [3.05, 3.63) is 99.7 Å². The van der Waals surface area contributed by atoms with Gasteiger partial charge in [0.05, 0.1) is 12.9 Å². The van der Waals surface area contributed by atoms with Crippen LogP contribution in [0.3, 0.4) is 0 Å². The Morgan fingerprint density at radius 2 is 1.69 bits per heavy atom. The van der Waals surface area contributed by atoms with Gasteiger partial charge in [-0.15, -0.1) is 0 Å². The van der Waals surface area contributed by atoms with Gasteiger partial charge in [-0.2, -0.15) is 10.2 Å². The summed E-state index contributed by atoms with van der Waals surface area (Å²) in [4.78, 5) is 21.1. The van der Waals surface area contributed by atoms with Crippen LogP contribution in [0.5, 0.6) is 0 Å². The van der Waals surface area contributed by atoms with Gasteiger partial charge in [-0.05, 0) is 28.0 Å². The molecule has 3 aromatic carbocycles. The van der Waals surface area contributed by atoms with Crippen molar-refractivity contribution in [3.63, 3.8) is 0 Å². The van der Waals surface area contributed by atoms with Gasteiger partial charge in [-0.25, -0.2) is 10.2 Å². The highest BCUT2D eigenvalue weighted by molar-refractivity contribution is 5.83. The Hall–Kier alpha value is -4.05. The Balaban J connectivity index is 1.52. The third kappa shape index (κ3) is 3.60. The second-order valence-corrected chi connectivity index (χ2v) is 7.59. The first-order valence-corrected chi connectivity index (χ1v) is 10.0. The average molecular weight is 428 g/mol. The number of nitrogens with zero attached hydrogens (tertiary/aromatic N) is 4. The van der Waals surface area contributed by atoms with E-state index in [1.165, 1.54) is 12.1 Å². The molecular formula is C23H20N6O3. The molecule has 0 aliphatic carbocycles. The van der Waals surface area contributed by atoms with E-state index < -0.39 is 10.8 Å². The molecule has 5 rings (SSSR count). The van der Waals surface area contributed by atoms with E-state index in [9.17, 15) is 10.0 Å². The molecule has 4 N–H and O–H groups in total. The topological polar surface area (TPSA) is 126 Å². The molecule has 0 radical (unpaired) electrons. The first-order chi connectivity index (χ1) is 15.5. The first-order valence-electron chi connectivity index (χ1n) is 10.0. The third-order valence-electron chi connectivity index (χ3n) is 5.48. The maximum Gasteiger partial charge on any atom is 0.300 e. The lowest BCUT2D eigenvalue weighted by Crippen LogP contribution is -2.99. The van der Waals surface area contributed by atoms with Crippen LogP contribution in [-0.4, -0.2) is 24.3 Å². The Kier molecular flexibility index (Phi) is 4.91. The highest BCUT2D eigenvalue weighted by Crippen LogP contribution is 2.19. The standard InChI is InChI=1S/C23H20N6O3/c24-23-26-22(30)20-21(28(23)13-15-6-9-19(10-7-15)29(31)32)25-14-27(20)12-16-5-8-17-3-1-2-4-18(17)11-16/h1-11,14,29,31H,12-13H2,(H2,24,26,30). The Labute approximate surface area is 182 Å². The van der Waals surface area contributed by atoms with Crippen molar-refractivity contribution in [3.8, 4) is 0 Å². The number of aromatic nitrogens is 4. The molecule has 160 valence electrons. The number of quaternary nitrogens is 1. The fourth-order valence-corrected chi connectivity index (χ4v) is 3.86. The number of fused-ring (bicyclic) bond motifs is 2. The molecule has 0 saturated carbocycles. The molecule has 0 amide bonds. The van der Waals surface area contributed by atoms with Gasteiger partial charge in [0.2, 0.25) is 5.95 Å². The highest BCUT2D eigenvalue weighted by Gasteiger charge is 2.15. The second-order valence-electron chi connectivity index (χ2n) is 7.59. The summed E-state index contributed by atoms with van der Waals surface area (Å²) in [5.41, 5.74) is 8.47. The number of nitrogen functional groups attached to an aromatic ring is 1. The van der Waals surface area contributed by atoms with Gasteiger partial charge in [0.1, 0.15) is 0 Å². The van der Waals surface area contributed by atoms with Crippen molar-refractivity contribution in [2.24, 2.45) is 0 Å². The average Bonchev–Trinajstić information content (AvgIpc) is 3.21. The summed E-state index contributed by atoms with van der Waals surface area (Å²) in [7, 11) is 0. The quantitative estimate of drug-likeness (QED) is 0.367. The van der Waals surface area contributed by atoms with E-state index in [1.807, 2.05) is 18.2 Å². The second kappa shape index (κ2) is 7.89. The van der Waals surface area contributed by atoms with Gasteiger partial charge in [0.15, 0.2) is 16.9 Å². The predicted octanol–water partition coefficient (Wildman–Crippen LogP) is 1.83. The van der Waals surface area contributed by atoms with Gasteiger partial charge in [-0.1, -0.05) is 48.5 Å². The van der Waals surface area contributed by atoms with Crippen molar-refractivity contribution in [2.75, 3.05) is 5.73 Å². The zero-order chi connectivity index (χ0) is 22.2. The monoisotopic (exact) mass is 428 g/mol. The number of nitrogens with two attached hydrogens (primary N) is 1. The lowest BCUT2D eigenvalue weighted by molar-refractivity contribution is -0.991. The summed E-state index contributed by atoms with van der Waals surface area (Å²) in [6, 6.07) is 20.7. The number of anilines is 1. The summed E-state index contributed by atoms with van der Waals surface area (Å²) in [6.45, 7) is 0.776. The maximum atomic E-state index is 12.7. The van der Waals surface area contributed by atoms with Gasteiger partial charge in [0.25, 0.3) is 0 Å². The van der Waals surface area contributed by atoms with Gasteiger partial charge in [0, 0.05) is 18.7 Å². The van der Waals surface area contributed by atoms with E-state index in [0.717, 1.165) is 21.9 Å². The molecule has 32 heavy (non-hydrogen) atoms. The van der Waals surface area contributed by atoms with E-state index in [1.54, 1.807) is 27.6 Å². The number of nitrogens with one attached hydrogen (secondary N) is 1. The number of rotatable bonds is 5. The van der Waals surface area contributed by atoms with E-state index >= 15 is 0 Å². The molecule has 0 aliphatic rings. The van der Waals surface area contributed by atoms with Crippen LogP contribution in [0.25, 0.3) is 21.9 Å². The summed E-state index contributed by atoms with van der Waals surface area (Å²) < 4.78 is 3.43. The van der Waals surface area contributed by atoms with Gasteiger partial charge >= 0.3 is 5.56 Å². The minimum atomic E-state index is -0.990. The van der Waals surface area contributed by atoms with Crippen molar-refractivity contribution in [2.45, 2.75) is 13.1 Å². The van der Waals surface area contributed by atoms with Gasteiger partial charge < -0.3 is 15.5 Å². The number of imidazole rings is 1. The SMILES string of the molecule is Nc1nc(=O)c2c(ncn2Cc2ccc3ccccc3c2)n1Cc1ccc([NH+]([O-])O)cc1. The van der Waals surface area contributed by atoms with Crippen LogP contribution in [0, 0.1) is 5.21 Å². The van der Waals surface area contributed by atoms with Crippen LogP contribution >= 0.6 is 0 Å². The third-order valence-corrected chi connectivity index (χ3v) is 5.48. The van der Waals surface area contributed by atoms with E-state index in [-0.39, 0.29) is 11.6 Å². The minimum absolute atomic E-state index is 0.0563. The van der Waals surface area contributed by atoms with Gasteiger partial charge in [-0.3, -0.25) is 9.36 Å². The fraction of sp³-hybridized carbons (Fsp3) is 0.0870. The molecule has 0 fully saturated rings. The minimum Gasteiger partial charge on any atom is -0.595 e. The van der Waals surface area contributed by atoms with Crippen LogP contribution in [-0.2, 0) is 13.1 Å². The van der Waals surface area contributed by atoms with Crippen LogP contribution in [0.15, 0.2) is 77.9 Å². The van der Waals surface area contributed by atoms with Crippen molar-refractivity contribution >= 4 is 33.6 Å². The number of hydrogen-bond acceptors (Lipinski definition) is 6. The zero-order valence-electron chi connectivity index (χ0n) is 17.0. The molecule has 0 aliphatic heterocycles. The fourth-order valence-electron chi connectivity index (χ4n) is 3.86. The van der Waals surface area contributed by atoms with Crippen molar-refractivity contribution < 1.29 is 10.4 Å². The van der Waals surface area contributed by atoms with E-state index in [0.29, 0.717) is 24.3 Å². The van der Waals surface area contributed by atoms with Crippen molar-refractivity contribution in [1.82, 2.24) is 19.1 Å². The van der Waals surface area contributed by atoms with Crippen molar-refractivity contribution in [1.29, 1.82) is 0 Å². The summed E-state index contributed by atoms with van der Waals surface area (Å²) in [5, 5.41) is 21.4. The first kappa shape index (κ1) is 19.9.